The molecule has 1 nitrogen and oxygen atoms in total. The predicted octanol–water partition coefficient (Wildman–Crippen LogP) is 2.67. The van der Waals surface area contributed by atoms with Crippen LogP contribution in [0.3, 0.4) is 0 Å². The first-order valence-corrected chi connectivity index (χ1v) is 5.06. The molecular formula is C11H16ClN. The molecule has 0 heterocycles. The summed E-state index contributed by atoms with van der Waals surface area (Å²) in [6, 6.07) is 9.21. The summed E-state index contributed by atoms with van der Waals surface area (Å²) in [5, 5.41) is 0. The fraction of sp³-hybridized carbons (Fsp3) is 0.455. The SMILES string of the molecule is Cc1cccc(CCN(C)CCl)c1. The molecule has 1 aromatic carbocycles. The van der Waals surface area contributed by atoms with Gasteiger partial charge in [-0.25, -0.2) is 0 Å². The smallest absolute Gasteiger partial charge is 0.0736 e. The lowest BCUT2D eigenvalue weighted by atomic mass is 10.1. The Kier molecular flexibility index (Phi) is 4.26. The average molecular weight is 198 g/mol. The summed E-state index contributed by atoms with van der Waals surface area (Å²) in [6.45, 7) is 3.14. The number of hydrogen-bond donors (Lipinski definition) is 0. The van der Waals surface area contributed by atoms with Crippen LogP contribution >= 0.6 is 11.6 Å². The van der Waals surface area contributed by atoms with E-state index >= 15 is 0 Å². The van der Waals surface area contributed by atoms with Crippen molar-refractivity contribution in [1.82, 2.24) is 4.90 Å². The van der Waals surface area contributed by atoms with E-state index in [0.717, 1.165) is 13.0 Å². The molecule has 0 saturated carbocycles. The van der Waals surface area contributed by atoms with Gasteiger partial charge in [-0.1, -0.05) is 29.8 Å². The topological polar surface area (TPSA) is 3.24 Å². The zero-order valence-corrected chi connectivity index (χ0v) is 9.01. The summed E-state index contributed by atoms with van der Waals surface area (Å²) in [6.07, 6.45) is 1.07. The van der Waals surface area contributed by atoms with Crippen molar-refractivity contribution in [2.45, 2.75) is 13.3 Å². The molecule has 0 aromatic heterocycles. The Bertz CT molecular complexity index is 260. The van der Waals surface area contributed by atoms with E-state index in [9.17, 15) is 0 Å². The van der Waals surface area contributed by atoms with Gasteiger partial charge in [-0.2, -0.15) is 0 Å². The molecule has 2 heteroatoms. The highest BCUT2D eigenvalue weighted by atomic mass is 35.5. The number of hydrogen-bond acceptors (Lipinski definition) is 1. The number of likely N-dealkylation sites (N-methyl/N-ethyl adjacent to an activating group) is 1. The Morgan fingerprint density at radius 1 is 1.38 bits per heavy atom. The normalized spacial score (nSPS) is 10.8. The number of rotatable bonds is 4. The molecule has 0 spiro atoms. The van der Waals surface area contributed by atoms with Crippen molar-refractivity contribution >= 4 is 11.6 Å². The maximum absolute atomic E-state index is 5.68. The summed E-state index contributed by atoms with van der Waals surface area (Å²) in [5.41, 5.74) is 2.71. The van der Waals surface area contributed by atoms with Crippen LogP contribution in [-0.2, 0) is 6.42 Å². The van der Waals surface area contributed by atoms with Gasteiger partial charge in [0.25, 0.3) is 0 Å². The lowest BCUT2D eigenvalue weighted by molar-refractivity contribution is 0.394. The van der Waals surface area contributed by atoms with Gasteiger partial charge in [0, 0.05) is 6.54 Å². The van der Waals surface area contributed by atoms with Crippen LogP contribution in [-0.4, -0.2) is 24.5 Å². The predicted molar refractivity (Wildman–Crippen MR) is 58.2 cm³/mol. The molecular weight excluding hydrogens is 182 g/mol. The summed E-state index contributed by atoms with van der Waals surface area (Å²) >= 11 is 5.68. The Hall–Kier alpha value is -0.530. The summed E-state index contributed by atoms with van der Waals surface area (Å²) < 4.78 is 0. The maximum Gasteiger partial charge on any atom is 0.0736 e. The van der Waals surface area contributed by atoms with Gasteiger partial charge >= 0.3 is 0 Å². The summed E-state index contributed by atoms with van der Waals surface area (Å²) in [4.78, 5) is 2.10. The monoisotopic (exact) mass is 197 g/mol. The van der Waals surface area contributed by atoms with E-state index in [-0.39, 0.29) is 0 Å². The molecule has 0 saturated heterocycles. The van der Waals surface area contributed by atoms with Gasteiger partial charge in [-0.15, -0.1) is 11.6 Å². The van der Waals surface area contributed by atoms with Gasteiger partial charge < -0.3 is 0 Å². The first-order valence-electron chi connectivity index (χ1n) is 4.52. The lowest BCUT2D eigenvalue weighted by Crippen LogP contribution is -2.19. The van der Waals surface area contributed by atoms with E-state index in [4.69, 9.17) is 11.6 Å². The van der Waals surface area contributed by atoms with E-state index in [1.165, 1.54) is 11.1 Å². The zero-order chi connectivity index (χ0) is 9.68. The highest BCUT2D eigenvalue weighted by molar-refractivity contribution is 6.17. The Morgan fingerprint density at radius 3 is 2.77 bits per heavy atom. The maximum atomic E-state index is 5.68. The van der Waals surface area contributed by atoms with Crippen molar-refractivity contribution < 1.29 is 0 Å². The highest BCUT2D eigenvalue weighted by Gasteiger charge is 1.97. The fourth-order valence-corrected chi connectivity index (χ4v) is 1.37. The minimum Gasteiger partial charge on any atom is -0.293 e. The van der Waals surface area contributed by atoms with Gasteiger partial charge in [-0.3, -0.25) is 4.90 Å². The van der Waals surface area contributed by atoms with Crippen molar-refractivity contribution in [3.05, 3.63) is 35.4 Å². The Morgan fingerprint density at radius 2 is 2.15 bits per heavy atom. The number of halogens is 1. The number of nitrogens with zero attached hydrogens (tertiary/aromatic N) is 1. The third-order valence-corrected chi connectivity index (χ3v) is 2.48. The van der Waals surface area contributed by atoms with Crippen molar-refractivity contribution in [3.8, 4) is 0 Å². The van der Waals surface area contributed by atoms with E-state index in [1.54, 1.807) is 0 Å². The Labute approximate surface area is 85.3 Å². The quantitative estimate of drug-likeness (QED) is 0.530. The minimum atomic E-state index is 0.603. The molecule has 0 aliphatic carbocycles. The number of alkyl halides is 1. The molecule has 0 bridgehead atoms. The van der Waals surface area contributed by atoms with Crippen LogP contribution in [0.15, 0.2) is 24.3 Å². The van der Waals surface area contributed by atoms with Crippen LogP contribution < -0.4 is 0 Å². The molecule has 0 unspecified atom stereocenters. The van der Waals surface area contributed by atoms with Crippen LogP contribution in [0.2, 0.25) is 0 Å². The van der Waals surface area contributed by atoms with Gasteiger partial charge in [-0.05, 0) is 26.0 Å². The van der Waals surface area contributed by atoms with Crippen LogP contribution in [0.1, 0.15) is 11.1 Å². The first-order chi connectivity index (χ1) is 6.22. The molecule has 0 radical (unpaired) electrons. The Balaban J connectivity index is 2.45. The second-order valence-electron chi connectivity index (χ2n) is 3.44. The number of aryl methyl sites for hydroxylation is 1. The zero-order valence-electron chi connectivity index (χ0n) is 8.26. The van der Waals surface area contributed by atoms with E-state index in [1.807, 2.05) is 7.05 Å². The molecule has 1 aromatic rings. The van der Waals surface area contributed by atoms with Crippen molar-refractivity contribution in [3.63, 3.8) is 0 Å². The van der Waals surface area contributed by atoms with Crippen LogP contribution in [0.4, 0.5) is 0 Å². The second kappa shape index (κ2) is 5.25. The number of benzene rings is 1. The first kappa shape index (κ1) is 10.6. The van der Waals surface area contributed by atoms with Gasteiger partial charge in [0.05, 0.1) is 6.00 Å². The van der Waals surface area contributed by atoms with Gasteiger partial charge in [0.2, 0.25) is 0 Å². The molecule has 0 aliphatic rings. The van der Waals surface area contributed by atoms with E-state index in [0.29, 0.717) is 6.00 Å². The van der Waals surface area contributed by atoms with Gasteiger partial charge in [0.1, 0.15) is 0 Å². The van der Waals surface area contributed by atoms with Crippen LogP contribution in [0.5, 0.6) is 0 Å². The van der Waals surface area contributed by atoms with E-state index in [2.05, 4.69) is 36.1 Å². The largest absolute Gasteiger partial charge is 0.293 e. The fourth-order valence-electron chi connectivity index (χ4n) is 1.25. The standard InChI is InChI=1S/C11H16ClN/c1-10-4-3-5-11(8-10)6-7-13(2)9-12/h3-5,8H,6-7,9H2,1-2H3. The van der Waals surface area contributed by atoms with Crippen molar-refractivity contribution in [1.29, 1.82) is 0 Å². The third-order valence-electron chi connectivity index (χ3n) is 2.07. The van der Waals surface area contributed by atoms with Crippen molar-refractivity contribution in [2.24, 2.45) is 0 Å². The lowest BCUT2D eigenvalue weighted by Gasteiger charge is -2.12. The molecule has 0 amide bonds. The highest BCUT2D eigenvalue weighted by Crippen LogP contribution is 2.05. The van der Waals surface area contributed by atoms with Gasteiger partial charge in [0.15, 0.2) is 0 Å². The van der Waals surface area contributed by atoms with Crippen LogP contribution in [0.25, 0.3) is 0 Å². The molecule has 0 N–H and O–H groups in total. The molecule has 0 atom stereocenters. The van der Waals surface area contributed by atoms with E-state index < -0.39 is 0 Å². The minimum absolute atomic E-state index is 0.603. The second-order valence-corrected chi connectivity index (χ2v) is 3.68. The summed E-state index contributed by atoms with van der Waals surface area (Å²) in [5.74, 6) is 0. The molecule has 13 heavy (non-hydrogen) atoms. The summed E-state index contributed by atoms with van der Waals surface area (Å²) in [7, 11) is 2.03. The molecule has 72 valence electrons. The van der Waals surface area contributed by atoms with Crippen LogP contribution in [0, 0.1) is 6.92 Å². The average Bonchev–Trinajstić information content (AvgIpc) is 2.14. The van der Waals surface area contributed by atoms with Crippen molar-refractivity contribution in [2.75, 3.05) is 19.6 Å². The third kappa shape index (κ3) is 3.79. The molecule has 1 rings (SSSR count). The molecule has 0 aliphatic heterocycles. The molecule has 0 fully saturated rings.